The molecule has 1 aromatic carbocycles. The van der Waals surface area contributed by atoms with Crippen LogP contribution in [0, 0.1) is 19.3 Å². The number of hydrogen-bond acceptors (Lipinski definition) is 7. The largest absolute Gasteiger partial charge is 0.486 e. The first kappa shape index (κ1) is 32.7. The number of carbonyl (C=O) groups excluding carboxylic acids is 2. The first-order chi connectivity index (χ1) is 18.0. The fourth-order valence-electron chi connectivity index (χ4n) is 4.33. The summed E-state index contributed by atoms with van der Waals surface area (Å²) in [7, 11) is -2.33. The van der Waals surface area contributed by atoms with Crippen LogP contribution in [0.4, 0.5) is 0 Å². The SMILES string of the molecule is C=C(C)OC(=O)CCN(C)S(=O)(=O)c1sc(C(CC)(CC)c2ccc(OCC(=O)C(C)(C)C)c(C)c2)cc1C. The number of carbonyl (C=O) groups is 2. The van der Waals surface area contributed by atoms with Gasteiger partial charge in [-0.25, -0.2) is 8.42 Å². The highest BCUT2D eigenvalue weighted by molar-refractivity contribution is 7.91. The van der Waals surface area contributed by atoms with Gasteiger partial charge in [0, 0.05) is 29.3 Å². The standard InChI is InChI=1S/C30H43NO6S2/c1-11-30(12-2,23-13-14-24(21(5)17-23)36-19-25(32)29(7,8)9)26-18-22(6)28(38-26)39(34,35)31(10)16-15-27(33)37-20(3)4/h13-14,17-18H,3,11-12,15-16,19H2,1-2,4-10H3. The highest BCUT2D eigenvalue weighted by Gasteiger charge is 2.36. The van der Waals surface area contributed by atoms with Crippen LogP contribution < -0.4 is 4.74 Å². The molecule has 1 heterocycles. The average Bonchev–Trinajstić information content (AvgIpc) is 3.24. The van der Waals surface area contributed by atoms with Gasteiger partial charge in [0.2, 0.25) is 0 Å². The van der Waals surface area contributed by atoms with Crippen LogP contribution in [0.5, 0.6) is 5.75 Å². The summed E-state index contributed by atoms with van der Waals surface area (Å²) in [5.74, 6) is 0.445. The third kappa shape index (κ3) is 7.58. The maximum absolute atomic E-state index is 13.5. The monoisotopic (exact) mass is 577 g/mol. The van der Waals surface area contributed by atoms with Crippen molar-refractivity contribution in [2.45, 2.75) is 84.3 Å². The van der Waals surface area contributed by atoms with Crippen molar-refractivity contribution >= 4 is 33.1 Å². The van der Waals surface area contributed by atoms with Crippen LogP contribution in [0.1, 0.15) is 82.4 Å². The van der Waals surface area contributed by atoms with Crippen molar-refractivity contribution in [3.05, 3.63) is 58.2 Å². The average molecular weight is 578 g/mol. The van der Waals surface area contributed by atoms with Crippen molar-refractivity contribution in [3.8, 4) is 5.75 Å². The highest BCUT2D eigenvalue weighted by atomic mass is 32.2. The molecule has 0 aliphatic rings. The number of allylic oxidation sites excluding steroid dienone is 1. The predicted octanol–water partition coefficient (Wildman–Crippen LogP) is 6.55. The van der Waals surface area contributed by atoms with Crippen LogP contribution in [-0.2, 0) is 29.8 Å². The topological polar surface area (TPSA) is 90.0 Å². The lowest BCUT2D eigenvalue weighted by Crippen LogP contribution is -2.29. The zero-order valence-corrected chi connectivity index (χ0v) is 26.4. The summed E-state index contributed by atoms with van der Waals surface area (Å²) < 4.78 is 39.2. The Morgan fingerprint density at radius 3 is 2.18 bits per heavy atom. The number of benzene rings is 1. The molecule has 9 heteroatoms. The van der Waals surface area contributed by atoms with Crippen LogP contribution in [0.2, 0.25) is 0 Å². The lowest BCUT2D eigenvalue weighted by Gasteiger charge is -2.32. The van der Waals surface area contributed by atoms with Crippen molar-refractivity contribution in [2.24, 2.45) is 5.41 Å². The summed E-state index contributed by atoms with van der Waals surface area (Å²) in [4.78, 5) is 25.2. The Balaban J connectivity index is 2.38. The van der Waals surface area contributed by atoms with E-state index in [0.29, 0.717) is 11.3 Å². The fraction of sp³-hybridized carbons (Fsp3) is 0.533. The Labute approximate surface area is 238 Å². The van der Waals surface area contributed by atoms with Gasteiger partial charge in [0.25, 0.3) is 10.0 Å². The lowest BCUT2D eigenvalue weighted by atomic mass is 9.74. The minimum Gasteiger partial charge on any atom is -0.486 e. The maximum Gasteiger partial charge on any atom is 0.312 e. The number of Topliss-reactive ketones (excluding diaryl/α,β-unsaturated/α-hetero) is 1. The minimum absolute atomic E-state index is 0.00614. The molecule has 0 bridgehead atoms. The number of hydrogen-bond donors (Lipinski definition) is 0. The van der Waals surface area contributed by atoms with Gasteiger partial charge < -0.3 is 9.47 Å². The Morgan fingerprint density at radius 2 is 1.67 bits per heavy atom. The zero-order valence-electron chi connectivity index (χ0n) is 24.8. The van der Waals surface area contributed by atoms with E-state index in [-0.39, 0.29) is 35.3 Å². The maximum atomic E-state index is 13.5. The fourth-order valence-corrected chi connectivity index (χ4v) is 7.74. The van der Waals surface area contributed by atoms with Crippen LogP contribution in [0.25, 0.3) is 0 Å². The molecule has 0 radical (unpaired) electrons. The number of rotatable bonds is 13. The molecule has 0 saturated heterocycles. The third-order valence-electron chi connectivity index (χ3n) is 7.04. The second-order valence-corrected chi connectivity index (χ2v) is 14.4. The van der Waals surface area contributed by atoms with Crippen LogP contribution in [-0.4, -0.2) is 44.7 Å². The Morgan fingerprint density at radius 1 is 1.05 bits per heavy atom. The molecular formula is C30H43NO6S2. The molecule has 0 unspecified atom stereocenters. The molecule has 0 amide bonds. The zero-order chi connectivity index (χ0) is 29.8. The first-order valence-corrected chi connectivity index (χ1v) is 15.5. The van der Waals surface area contributed by atoms with E-state index in [1.807, 2.05) is 45.9 Å². The predicted molar refractivity (Wildman–Crippen MR) is 157 cm³/mol. The van der Waals surface area contributed by atoms with Crippen molar-refractivity contribution in [3.63, 3.8) is 0 Å². The second-order valence-electron chi connectivity index (χ2n) is 11.1. The quantitative estimate of drug-likeness (QED) is 0.198. The van der Waals surface area contributed by atoms with Gasteiger partial charge >= 0.3 is 5.97 Å². The Bertz CT molecular complexity index is 1310. The van der Waals surface area contributed by atoms with Crippen LogP contribution in [0.15, 0.2) is 40.8 Å². The molecule has 0 aliphatic carbocycles. The third-order valence-corrected chi connectivity index (χ3v) is 10.9. The second kappa shape index (κ2) is 12.8. The van der Waals surface area contributed by atoms with Gasteiger partial charge in [-0.05, 0) is 62.4 Å². The van der Waals surface area contributed by atoms with E-state index in [9.17, 15) is 18.0 Å². The molecular weight excluding hydrogens is 534 g/mol. The number of ketones is 1. The van der Waals surface area contributed by atoms with Crippen molar-refractivity contribution in [1.29, 1.82) is 0 Å². The summed E-state index contributed by atoms with van der Waals surface area (Å²) in [6.07, 6.45) is 1.48. The number of ether oxygens (including phenoxy) is 2. The molecule has 216 valence electrons. The van der Waals surface area contributed by atoms with Gasteiger partial charge in [0.15, 0.2) is 5.78 Å². The number of thiophene rings is 1. The molecule has 0 spiro atoms. The Kier molecular flexibility index (Phi) is 10.7. The van der Waals surface area contributed by atoms with E-state index in [1.165, 1.54) is 22.7 Å². The van der Waals surface area contributed by atoms with E-state index in [2.05, 4.69) is 26.5 Å². The highest BCUT2D eigenvalue weighted by Crippen LogP contribution is 2.45. The van der Waals surface area contributed by atoms with E-state index in [0.717, 1.165) is 28.8 Å². The molecule has 1 aromatic heterocycles. The Hall–Kier alpha value is -2.49. The summed E-state index contributed by atoms with van der Waals surface area (Å²) >= 11 is 1.28. The van der Waals surface area contributed by atoms with Gasteiger partial charge in [-0.2, -0.15) is 4.31 Å². The smallest absolute Gasteiger partial charge is 0.312 e. The molecule has 7 nitrogen and oxygen atoms in total. The molecule has 0 atom stereocenters. The number of esters is 1. The summed E-state index contributed by atoms with van der Waals surface area (Å²) in [6, 6.07) is 7.96. The van der Waals surface area contributed by atoms with Crippen molar-refractivity contribution in [1.82, 2.24) is 4.31 Å². The molecule has 2 aromatic rings. The summed E-state index contributed by atoms with van der Waals surface area (Å²) in [5.41, 5.74) is 1.81. The number of aryl methyl sites for hydroxylation is 2. The lowest BCUT2D eigenvalue weighted by molar-refractivity contribution is -0.139. The molecule has 0 aliphatic heterocycles. The molecule has 0 fully saturated rings. The van der Waals surface area contributed by atoms with Crippen molar-refractivity contribution in [2.75, 3.05) is 20.2 Å². The molecule has 2 rings (SSSR count). The van der Waals surface area contributed by atoms with Crippen molar-refractivity contribution < 1.29 is 27.5 Å². The van der Waals surface area contributed by atoms with Gasteiger partial charge in [0.1, 0.15) is 16.6 Å². The summed E-state index contributed by atoms with van der Waals surface area (Å²) in [5, 5.41) is 0. The van der Waals surface area contributed by atoms with Gasteiger partial charge in [-0.15, -0.1) is 11.3 Å². The molecule has 0 saturated carbocycles. The van der Waals surface area contributed by atoms with E-state index in [1.54, 1.807) is 13.8 Å². The normalized spacial score (nSPS) is 12.5. The minimum atomic E-state index is -3.80. The van der Waals surface area contributed by atoms with E-state index >= 15 is 0 Å². The van der Waals surface area contributed by atoms with Crippen LogP contribution >= 0.6 is 11.3 Å². The van der Waals surface area contributed by atoms with Gasteiger partial charge in [0.05, 0.1) is 12.2 Å². The molecule has 39 heavy (non-hydrogen) atoms. The first-order valence-electron chi connectivity index (χ1n) is 13.2. The number of nitrogens with zero attached hydrogens (tertiary/aromatic N) is 1. The summed E-state index contributed by atoms with van der Waals surface area (Å²) in [6.45, 7) is 18.7. The molecule has 0 N–H and O–H groups in total. The number of sulfonamides is 1. The van der Waals surface area contributed by atoms with Gasteiger partial charge in [-0.3, -0.25) is 9.59 Å². The van der Waals surface area contributed by atoms with Crippen LogP contribution in [0.3, 0.4) is 0 Å². The van der Waals surface area contributed by atoms with E-state index in [4.69, 9.17) is 9.47 Å². The van der Waals surface area contributed by atoms with Gasteiger partial charge in [-0.1, -0.05) is 53.3 Å². The van der Waals surface area contributed by atoms with E-state index < -0.39 is 26.8 Å².